The highest BCUT2D eigenvalue weighted by Gasteiger charge is 2.11. The number of ether oxygens (including phenoxy) is 1. The fourth-order valence-electron chi connectivity index (χ4n) is 3.52. The lowest BCUT2D eigenvalue weighted by atomic mass is 10.1. The minimum atomic E-state index is -0.439. The Morgan fingerprint density at radius 1 is 1.06 bits per heavy atom. The number of carbonyl (C=O) groups is 1. The number of fused-ring (bicyclic) bond motifs is 1. The molecule has 0 fully saturated rings. The lowest BCUT2D eigenvalue weighted by Gasteiger charge is -2.10. The molecule has 4 rings (SSSR count). The number of nitrogens with one attached hydrogen (secondary N) is 2. The molecule has 0 saturated heterocycles. The van der Waals surface area contributed by atoms with Gasteiger partial charge in [-0.2, -0.15) is 5.26 Å². The predicted octanol–water partition coefficient (Wildman–Crippen LogP) is 5.15. The molecule has 1 aromatic heterocycles. The Balaban J connectivity index is 1.40. The number of amides is 1. The highest BCUT2D eigenvalue weighted by Crippen LogP contribution is 2.22. The minimum Gasteiger partial charge on any atom is -0.488 e. The van der Waals surface area contributed by atoms with E-state index < -0.39 is 5.91 Å². The zero-order valence-electron chi connectivity index (χ0n) is 17.8. The summed E-state index contributed by atoms with van der Waals surface area (Å²) < 4.78 is 18.9. The number of H-pyrrole nitrogens is 1. The maximum Gasteiger partial charge on any atom is 0.261 e. The molecule has 2 N–H and O–H groups in total. The molecule has 33 heavy (non-hydrogen) atoms. The Morgan fingerprint density at radius 3 is 2.64 bits per heavy atom. The lowest BCUT2D eigenvalue weighted by molar-refractivity contribution is -0.117. The van der Waals surface area contributed by atoms with Gasteiger partial charge in [-0.05, 0) is 47.9 Å². The van der Waals surface area contributed by atoms with Gasteiger partial charge in [-0.25, -0.2) is 4.39 Å². The molecule has 0 unspecified atom stereocenters. The molecule has 4 aromatic rings. The number of aromatic nitrogens is 1. The number of rotatable bonds is 8. The normalized spacial score (nSPS) is 11.2. The van der Waals surface area contributed by atoms with Crippen molar-refractivity contribution >= 4 is 22.9 Å². The third-order valence-electron chi connectivity index (χ3n) is 5.25. The largest absolute Gasteiger partial charge is 0.488 e. The molecule has 0 aliphatic heterocycles. The summed E-state index contributed by atoms with van der Waals surface area (Å²) in [6.45, 7) is 0.645. The van der Waals surface area contributed by atoms with Gasteiger partial charge in [0.25, 0.3) is 5.91 Å². The highest BCUT2D eigenvalue weighted by atomic mass is 19.1. The van der Waals surface area contributed by atoms with E-state index in [4.69, 9.17) is 4.74 Å². The van der Waals surface area contributed by atoms with Crippen molar-refractivity contribution in [2.24, 2.45) is 0 Å². The summed E-state index contributed by atoms with van der Waals surface area (Å²) in [6, 6.07) is 23.2. The third kappa shape index (κ3) is 5.46. The van der Waals surface area contributed by atoms with Crippen LogP contribution >= 0.6 is 0 Å². The Labute approximate surface area is 191 Å². The van der Waals surface area contributed by atoms with Crippen LogP contribution in [0.3, 0.4) is 0 Å². The Kier molecular flexibility index (Phi) is 6.81. The average Bonchev–Trinajstić information content (AvgIpc) is 3.26. The van der Waals surface area contributed by atoms with Gasteiger partial charge in [0.05, 0.1) is 0 Å². The quantitative estimate of drug-likeness (QED) is 0.294. The van der Waals surface area contributed by atoms with Crippen LogP contribution in [0, 0.1) is 17.1 Å². The molecule has 6 heteroatoms. The van der Waals surface area contributed by atoms with Crippen molar-refractivity contribution in [3.63, 3.8) is 0 Å². The zero-order chi connectivity index (χ0) is 23.0. The van der Waals surface area contributed by atoms with Gasteiger partial charge in [0.15, 0.2) is 0 Å². The number of aromatic amines is 1. The molecule has 0 saturated carbocycles. The van der Waals surface area contributed by atoms with E-state index in [1.165, 1.54) is 18.2 Å². The predicted molar refractivity (Wildman–Crippen MR) is 126 cm³/mol. The first kappa shape index (κ1) is 21.8. The number of nitrogens with zero attached hydrogens (tertiary/aromatic N) is 1. The Bertz CT molecular complexity index is 1330. The van der Waals surface area contributed by atoms with Gasteiger partial charge in [-0.3, -0.25) is 4.79 Å². The van der Waals surface area contributed by atoms with Crippen LogP contribution in [0.2, 0.25) is 0 Å². The van der Waals surface area contributed by atoms with Crippen molar-refractivity contribution in [1.29, 1.82) is 5.26 Å². The zero-order valence-corrected chi connectivity index (χ0v) is 17.8. The molecule has 164 valence electrons. The van der Waals surface area contributed by atoms with Crippen LogP contribution in [0.5, 0.6) is 5.75 Å². The second-order valence-electron chi connectivity index (χ2n) is 7.49. The van der Waals surface area contributed by atoms with Gasteiger partial charge in [-0.15, -0.1) is 0 Å². The number of benzene rings is 3. The molecule has 0 bridgehead atoms. The molecule has 1 heterocycles. The maximum absolute atomic E-state index is 13.1. The van der Waals surface area contributed by atoms with Gasteiger partial charge in [0.1, 0.15) is 29.8 Å². The van der Waals surface area contributed by atoms with Crippen LogP contribution in [0.1, 0.15) is 16.7 Å². The van der Waals surface area contributed by atoms with Crippen LogP contribution in [0.4, 0.5) is 4.39 Å². The van der Waals surface area contributed by atoms with Crippen molar-refractivity contribution in [2.45, 2.75) is 13.0 Å². The summed E-state index contributed by atoms with van der Waals surface area (Å²) in [4.78, 5) is 15.8. The SMILES string of the molecule is N#C/C(=C/c1ccccc1OCc1ccc(F)cc1)C(=O)NCCc1c[nH]c2ccccc12. The molecular formula is C27H22FN3O2. The van der Waals surface area contributed by atoms with E-state index in [9.17, 15) is 14.4 Å². The van der Waals surface area contributed by atoms with Crippen molar-refractivity contribution < 1.29 is 13.9 Å². The first-order chi connectivity index (χ1) is 16.1. The minimum absolute atomic E-state index is 0.00763. The summed E-state index contributed by atoms with van der Waals surface area (Å²) in [5, 5.41) is 13.5. The number of halogens is 1. The fourth-order valence-corrected chi connectivity index (χ4v) is 3.52. The van der Waals surface area contributed by atoms with Crippen molar-refractivity contribution in [3.8, 4) is 11.8 Å². The van der Waals surface area contributed by atoms with Crippen LogP contribution in [-0.4, -0.2) is 17.4 Å². The molecule has 3 aromatic carbocycles. The van der Waals surface area contributed by atoms with E-state index in [-0.39, 0.29) is 18.0 Å². The van der Waals surface area contributed by atoms with Crippen molar-refractivity contribution in [3.05, 3.63) is 107 Å². The van der Waals surface area contributed by atoms with Crippen LogP contribution in [-0.2, 0) is 17.8 Å². The van der Waals surface area contributed by atoms with E-state index in [1.807, 2.05) is 42.6 Å². The molecule has 0 aliphatic rings. The Hall–Kier alpha value is -4.37. The summed E-state index contributed by atoms with van der Waals surface area (Å²) >= 11 is 0. The second-order valence-corrected chi connectivity index (χ2v) is 7.49. The monoisotopic (exact) mass is 439 g/mol. The molecule has 0 atom stereocenters. The van der Waals surface area contributed by atoms with Crippen molar-refractivity contribution in [2.75, 3.05) is 6.54 Å². The van der Waals surface area contributed by atoms with E-state index in [0.29, 0.717) is 24.3 Å². The van der Waals surface area contributed by atoms with Crippen LogP contribution in [0.15, 0.2) is 84.6 Å². The summed E-state index contributed by atoms with van der Waals surface area (Å²) in [5.41, 5.74) is 3.57. The van der Waals surface area contributed by atoms with Gasteiger partial charge < -0.3 is 15.0 Å². The third-order valence-corrected chi connectivity index (χ3v) is 5.25. The van der Waals surface area contributed by atoms with Gasteiger partial charge >= 0.3 is 0 Å². The summed E-state index contributed by atoms with van der Waals surface area (Å²) in [7, 11) is 0. The van der Waals surface area contributed by atoms with E-state index in [1.54, 1.807) is 30.3 Å². The van der Waals surface area contributed by atoms with Crippen LogP contribution < -0.4 is 10.1 Å². The van der Waals surface area contributed by atoms with Gasteiger partial charge in [0, 0.05) is 29.2 Å². The summed E-state index contributed by atoms with van der Waals surface area (Å²) in [5.74, 6) is -0.219. The van der Waals surface area contributed by atoms with E-state index >= 15 is 0 Å². The number of hydrogen-bond donors (Lipinski definition) is 2. The Morgan fingerprint density at radius 2 is 1.82 bits per heavy atom. The number of hydrogen-bond acceptors (Lipinski definition) is 3. The second kappa shape index (κ2) is 10.3. The van der Waals surface area contributed by atoms with E-state index in [2.05, 4.69) is 10.3 Å². The first-order valence-electron chi connectivity index (χ1n) is 10.6. The molecule has 0 radical (unpaired) electrons. The van der Waals surface area contributed by atoms with Crippen molar-refractivity contribution in [1.82, 2.24) is 10.3 Å². The van der Waals surface area contributed by atoms with Crippen LogP contribution in [0.25, 0.3) is 17.0 Å². The first-order valence-corrected chi connectivity index (χ1v) is 10.6. The summed E-state index contributed by atoms with van der Waals surface area (Å²) in [6.07, 6.45) is 4.10. The lowest BCUT2D eigenvalue weighted by Crippen LogP contribution is -2.26. The fraction of sp³-hybridized carbons (Fsp3) is 0.111. The molecule has 5 nitrogen and oxygen atoms in total. The van der Waals surface area contributed by atoms with Gasteiger partial charge in [-0.1, -0.05) is 48.5 Å². The maximum atomic E-state index is 13.1. The average molecular weight is 439 g/mol. The topological polar surface area (TPSA) is 77.9 Å². The molecule has 1 amide bonds. The van der Waals surface area contributed by atoms with E-state index in [0.717, 1.165) is 22.0 Å². The molecule has 0 spiro atoms. The molecule has 0 aliphatic carbocycles. The molecular weight excluding hydrogens is 417 g/mol. The standard InChI is InChI=1S/C27H22FN3O2/c28-23-11-9-19(10-12-23)18-33-26-8-4-1-5-20(26)15-22(16-29)27(32)30-14-13-21-17-31-25-7-3-2-6-24(21)25/h1-12,15,17,31H,13-14,18H2,(H,30,32)/b22-15-. The van der Waals surface area contributed by atoms with Gasteiger partial charge in [0.2, 0.25) is 0 Å². The number of carbonyl (C=O) groups excluding carboxylic acids is 1. The smallest absolute Gasteiger partial charge is 0.261 e. The number of para-hydroxylation sites is 2. The highest BCUT2D eigenvalue weighted by molar-refractivity contribution is 6.02. The number of nitriles is 1.